The molecular formula is C10H11BrO5. The first-order valence-corrected chi connectivity index (χ1v) is 5.19. The molecule has 0 aliphatic heterocycles. The summed E-state index contributed by atoms with van der Waals surface area (Å²) in [6.45, 7) is 0. The second-order valence-corrected chi connectivity index (χ2v) is 4.03. The molecule has 0 amide bonds. The second kappa shape index (κ2) is 5.29. The van der Waals surface area contributed by atoms with Crippen LogP contribution in [0.4, 0.5) is 0 Å². The van der Waals surface area contributed by atoms with Gasteiger partial charge in [0, 0.05) is 10.0 Å². The lowest BCUT2D eigenvalue weighted by molar-refractivity contribution is -0.156. The summed E-state index contributed by atoms with van der Waals surface area (Å²) < 4.78 is 4.90. The predicted molar refractivity (Wildman–Crippen MR) is 58.8 cm³/mol. The number of aliphatic hydroxyl groups is 2. The molecule has 0 spiro atoms. The van der Waals surface area contributed by atoms with Crippen LogP contribution in [-0.2, 0) is 9.53 Å². The van der Waals surface area contributed by atoms with Crippen molar-refractivity contribution in [3.63, 3.8) is 0 Å². The van der Waals surface area contributed by atoms with E-state index in [2.05, 4.69) is 20.7 Å². The number of halogens is 1. The Labute approximate surface area is 100 Å². The van der Waals surface area contributed by atoms with Crippen molar-refractivity contribution in [3.8, 4) is 5.75 Å². The molecule has 0 radical (unpaired) electrons. The van der Waals surface area contributed by atoms with Gasteiger partial charge in [-0.05, 0) is 12.1 Å². The lowest BCUT2D eigenvalue weighted by Gasteiger charge is -2.17. The Hall–Kier alpha value is -1.11. The number of hydrogen-bond donors (Lipinski definition) is 3. The summed E-state index contributed by atoms with van der Waals surface area (Å²) >= 11 is 3.13. The fourth-order valence-electron chi connectivity index (χ4n) is 1.19. The first-order valence-electron chi connectivity index (χ1n) is 4.39. The Kier molecular flexibility index (Phi) is 4.28. The Balaban J connectivity index is 2.96. The maximum absolute atomic E-state index is 11.0. The topological polar surface area (TPSA) is 87.0 Å². The van der Waals surface area contributed by atoms with Crippen molar-refractivity contribution >= 4 is 21.9 Å². The molecule has 0 aromatic heterocycles. The van der Waals surface area contributed by atoms with Crippen molar-refractivity contribution in [1.29, 1.82) is 0 Å². The van der Waals surface area contributed by atoms with E-state index in [1.165, 1.54) is 12.1 Å². The molecule has 2 unspecified atom stereocenters. The molecular weight excluding hydrogens is 280 g/mol. The normalized spacial score (nSPS) is 14.2. The van der Waals surface area contributed by atoms with Gasteiger partial charge in [-0.2, -0.15) is 0 Å². The summed E-state index contributed by atoms with van der Waals surface area (Å²) in [6, 6.07) is 4.32. The van der Waals surface area contributed by atoms with Crippen LogP contribution in [0, 0.1) is 0 Å². The smallest absolute Gasteiger partial charge is 0.337 e. The van der Waals surface area contributed by atoms with Gasteiger partial charge in [0.1, 0.15) is 11.9 Å². The molecule has 0 heterocycles. The fraction of sp³-hybridized carbons (Fsp3) is 0.300. The van der Waals surface area contributed by atoms with E-state index in [0.29, 0.717) is 4.47 Å². The lowest BCUT2D eigenvalue weighted by atomic mass is 10.0. The summed E-state index contributed by atoms with van der Waals surface area (Å²) in [6.07, 6.45) is -3.25. The van der Waals surface area contributed by atoms with Crippen molar-refractivity contribution in [2.24, 2.45) is 0 Å². The van der Waals surface area contributed by atoms with Gasteiger partial charge >= 0.3 is 5.97 Å². The summed E-state index contributed by atoms with van der Waals surface area (Å²) in [4.78, 5) is 11.0. The van der Waals surface area contributed by atoms with E-state index in [4.69, 9.17) is 0 Å². The van der Waals surface area contributed by atoms with E-state index >= 15 is 0 Å². The van der Waals surface area contributed by atoms with E-state index in [1.807, 2.05) is 0 Å². The number of phenolic OH excluding ortho intramolecular Hbond substituents is 1. The molecule has 0 aliphatic rings. The number of hydrogen-bond acceptors (Lipinski definition) is 5. The monoisotopic (exact) mass is 290 g/mol. The molecule has 88 valence electrons. The maximum atomic E-state index is 11.0. The zero-order valence-electron chi connectivity index (χ0n) is 8.42. The van der Waals surface area contributed by atoms with Gasteiger partial charge in [-0.1, -0.05) is 22.0 Å². The van der Waals surface area contributed by atoms with Gasteiger partial charge in [-0.25, -0.2) is 4.79 Å². The molecule has 3 N–H and O–H groups in total. The molecule has 5 nitrogen and oxygen atoms in total. The number of aromatic hydroxyl groups is 1. The van der Waals surface area contributed by atoms with Gasteiger partial charge in [-0.3, -0.25) is 0 Å². The quantitative estimate of drug-likeness (QED) is 0.714. The van der Waals surface area contributed by atoms with Crippen LogP contribution >= 0.6 is 15.9 Å². The number of rotatable bonds is 3. The molecule has 6 heteroatoms. The van der Waals surface area contributed by atoms with Gasteiger partial charge in [-0.15, -0.1) is 0 Å². The zero-order valence-corrected chi connectivity index (χ0v) is 10.0. The average molecular weight is 291 g/mol. The maximum Gasteiger partial charge on any atom is 0.337 e. The third kappa shape index (κ3) is 2.72. The first kappa shape index (κ1) is 13.0. The van der Waals surface area contributed by atoms with Crippen molar-refractivity contribution in [3.05, 3.63) is 28.2 Å². The molecule has 1 aromatic rings. The summed E-state index contributed by atoms with van der Waals surface area (Å²) in [5, 5.41) is 28.5. The molecule has 0 aliphatic carbocycles. The molecule has 0 saturated heterocycles. The summed E-state index contributed by atoms with van der Waals surface area (Å²) in [5.74, 6) is -1.18. The zero-order chi connectivity index (χ0) is 12.3. The van der Waals surface area contributed by atoms with Crippen LogP contribution < -0.4 is 0 Å². The summed E-state index contributed by atoms with van der Waals surface area (Å²) in [7, 11) is 1.10. The molecule has 0 bridgehead atoms. The molecule has 16 heavy (non-hydrogen) atoms. The number of methoxy groups -OCH3 is 1. The highest BCUT2D eigenvalue weighted by molar-refractivity contribution is 9.10. The minimum atomic E-state index is -1.72. The highest BCUT2D eigenvalue weighted by atomic mass is 79.9. The third-order valence-corrected chi connectivity index (χ3v) is 2.55. The van der Waals surface area contributed by atoms with Crippen LogP contribution in [0.3, 0.4) is 0 Å². The highest BCUT2D eigenvalue weighted by Gasteiger charge is 2.28. The summed E-state index contributed by atoms with van der Waals surface area (Å²) in [5.41, 5.74) is 0.0566. The van der Waals surface area contributed by atoms with Crippen LogP contribution in [0.5, 0.6) is 5.75 Å². The van der Waals surface area contributed by atoms with Gasteiger partial charge in [0.05, 0.1) is 7.11 Å². The third-order valence-electron chi connectivity index (χ3n) is 2.05. The van der Waals surface area contributed by atoms with Gasteiger partial charge < -0.3 is 20.1 Å². The Morgan fingerprint density at radius 1 is 1.44 bits per heavy atom. The number of ether oxygens (including phenoxy) is 1. The fourth-order valence-corrected chi connectivity index (χ4v) is 1.54. The van der Waals surface area contributed by atoms with E-state index in [9.17, 15) is 20.1 Å². The lowest BCUT2D eigenvalue weighted by Crippen LogP contribution is -2.29. The van der Waals surface area contributed by atoms with Gasteiger partial charge in [0.15, 0.2) is 6.10 Å². The van der Waals surface area contributed by atoms with E-state index in [-0.39, 0.29) is 11.3 Å². The highest BCUT2D eigenvalue weighted by Crippen LogP contribution is 2.29. The number of phenols is 1. The number of carbonyl (C=O) groups excluding carboxylic acids is 1. The first-order chi connectivity index (χ1) is 7.47. The number of esters is 1. The Morgan fingerprint density at radius 3 is 2.56 bits per heavy atom. The van der Waals surface area contributed by atoms with E-state index in [1.54, 1.807) is 6.07 Å². The van der Waals surface area contributed by atoms with Crippen molar-refractivity contribution in [2.75, 3.05) is 7.11 Å². The SMILES string of the molecule is COC(=O)C(O)C(O)c1ccc(Br)cc1O. The minimum Gasteiger partial charge on any atom is -0.508 e. The van der Waals surface area contributed by atoms with E-state index in [0.717, 1.165) is 7.11 Å². The molecule has 0 saturated carbocycles. The number of benzene rings is 1. The van der Waals surface area contributed by atoms with Crippen molar-refractivity contribution in [1.82, 2.24) is 0 Å². The van der Waals surface area contributed by atoms with E-state index < -0.39 is 18.2 Å². The van der Waals surface area contributed by atoms with Crippen LogP contribution in [-0.4, -0.2) is 34.5 Å². The number of aliphatic hydroxyl groups excluding tert-OH is 2. The van der Waals surface area contributed by atoms with Crippen LogP contribution in [0.15, 0.2) is 22.7 Å². The van der Waals surface area contributed by atoms with Gasteiger partial charge in [0.2, 0.25) is 0 Å². The second-order valence-electron chi connectivity index (χ2n) is 3.12. The molecule has 1 rings (SSSR count). The minimum absolute atomic E-state index is 0.0566. The van der Waals surface area contributed by atoms with Crippen LogP contribution in [0.25, 0.3) is 0 Å². The van der Waals surface area contributed by atoms with Crippen molar-refractivity contribution < 1.29 is 24.9 Å². The molecule has 1 aromatic carbocycles. The molecule has 0 fully saturated rings. The molecule has 2 atom stereocenters. The van der Waals surface area contributed by atoms with Gasteiger partial charge in [0.25, 0.3) is 0 Å². The Bertz CT molecular complexity index is 393. The van der Waals surface area contributed by atoms with Crippen LogP contribution in [0.1, 0.15) is 11.7 Å². The number of carbonyl (C=O) groups is 1. The Morgan fingerprint density at radius 2 is 2.06 bits per heavy atom. The average Bonchev–Trinajstić information content (AvgIpc) is 2.26. The predicted octanol–water partition coefficient (Wildman–Crippen LogP) is 0.722. The van der Waals surface area contributed by atoms with Crippen LogP contribution in [0.2, 0.25) is 0 Å². The largest absolute Gasteiger partial charge is 0.508 e. The van der Waals surface area contributed by atoms with Crippen molar-refractivity contribution in [2.45, 2.75) is 12.2 Å². The standard InChI is InChI=1S/C10H11BrO5/c1-16-10(15)9(14)8(13)6-3-2-5(11)4-7(6)12/h2-4,8-9,12-14H,1H3.